The molecule has 1 saturated heterocycles. The Hall–Kier alpha value is -1.97. The maximum absolute atomic E-state index is 11.8. The number of H-pyrrole nitrogens is 1. The number of rotatable bonds is 1. The van der Waals surface area contributed by atoms with Crippen molar-refractivity contribution in [3.63, 3.8) is 0 Å². The first-order valence-electron chi connectivity index (χ1n) is 5.72. The Bertz CT molecular complexity index is 575. The molecule has 1 aliphatic heterocycles. The third kappa shape index (κ3) is 1.40. The SMILES string of the molecule is CN1CC(c2c[nH]c3ccccc23)N(C)C1=O. The number of benzene rings is 1. The van der Waals surface area contributed by atoms with Crippen LogP contribution in [0.1, 0.15) is 11.6 Å². The summed E-state index contributed by atoms with van der Waals surface area (Å²) in [6.45, 7) is 0.747. The third-order valence-electron chi connectivity index (χ3n) is 3.52. The molecule has 2 amide bonds. The Morgan fingerprint density at radius 1 is 1.29 bits per heavy atom. The fourth-order valence-electron chi connectivity index (χ4n) is 2.54. The van der Waals surface area contributed by atoms with E-state index in [4.69, 9.17) is 0 Å². The zero-order chi connectivity index (χ0) is 12.0. The smallest absolute Gasteiger partial charge is 0.320 e. The lowest BCUT2D eigenvalue weighted by Gasteiger charge is -2.17. The van der Waals surface area contributed by atoms with Gasteiger partial charge in [0.25, 0.3) is 0 Å². The van der Waals surface area contributed by atoms with E-state index < -0.39 is 0 Å². The summed E-state index contributed by atoms with van der Waals surface area (Å²) in [5.41, 5.74) is 2.32. The fourth-order valence-corrected chi connectivity index (χ4v) is 2.54. The second kappa shape index (κ2) is 3.52. The number of urea groups is 1. The Balaban J connectivity index is 2.08. The minimum atomic E-state index is 0.0836. The van der Waals surface area contributed by atoms with E-state index >= 15 is 0 Å². The average molecular weight is 229 g/mol. The Labute approximate surface area is 99.8 Å². The normalized spacial score (nSPS) is 20.6. The van der Waals surface area contributed by atoms with Gasteiger partial charge >= 0.3 is 6.03 Å². The number of hydrogen-bond donors (Lipinski definition) is 1. The van der Waals surface area contributed by atoms with Gasteiger partial charge in [0, 0.05) is 43.3 Å². The molecule has 4 heteroatoms. The monoisotopic (exact) mass is 229 g/mol. The molecular weight excluding hydrogens is 214 g/mol. The molecule has 0 spiro atoms. The summed E-state index contributed by atoms with van der Waals surface area (Å²) in [6.07, 6.45) is 2.01. The van der Waals surface area contributed by atoms with Crippen molar-refractivity contribution >= 4 is 16.9 Å². The molecule has 1 fully saturated rings. The standard InChI is InChI=1S/C13H15N3O/c1-15-8-12(16(2)13(15)17)10-7-14-11-6-4-3-5-9(10)11/h3-7,12,14H,8H2,1-2H3. The molecule has 4 nitrogen and oxygen atoms in total. The topological polar surface area (TPSA) is 39.3 Å². The van der Waals surface area contributed by atoms with Gasteiger partial charge in [0.15, 0.2) is 0 Å². The largest absolute Gasteiger partial charge is 0.361 e. The van der Waals surface area contributed by atoms with Gasteiger partial charge in [-0.05, 0) is 6.07 Å². The number of amides is 2. The summed E-state index contributed by atoms with van der Waals surface area (Å²) in [7, 11) is 3.70. The van der Waals surface area contributed by atoms with Crippen molar-refractivity contribution in [2.24, 2.45) is 0 Å². The first-order chi connectivity index (χ1) is 8.18. The zero-order valence-corrected chi connectivity index (χ0v) is 9.97. The van der Waals surface area contributed by atoms with Gasteiger partial charge in [-0.2, -0.15) is 0 Å². The highest BCUT2D eigenvalue weighted by molar-refractivity contribution is 5.85. The number of aromatic nitrogens is 1. The average Bonchev–Trinajstić information content (AvgIpc) is 2.86. The molecule has 1 aromatic carbocycles. The van der Waals surface area contributed by atoms with E-state index in [-0.39, 0.29) is 12.1 Å². The van der Waals surface area contributed by atoms with Crippen LogP contribution in [0.5, 0.6) is 0 Å². The molecule has 2 aromatic rings. The quantitative estimate of drug-likeness (QED) is 0.800. The van der Waals surface area contributed by atoms with Gasteiger partial charge in [0.2, 0.25) is 0 Å². The molecule has 1 unspecified atom stereocenters. The van der Waals surface area contributed by atoms with Crippen LogP contribution >= 0.6 is 0 Å². The molecule has 0 aliphatic carbocycles. The summed E-state index contributed by atoms with van der Waals surface area (Å²) in [5, 5.41) is 1.20. The summed E-state index contributed by atoms with van der Waals surface area (Å²) in [5.74, 6) is 0. The number of para-hydroxylation sites is 1. The molecule has 0 saturated carbocycles. The van der Waals surface area contributed by atoms with Gasteiger partial charge in [-0.15, -0.1) is 0 Å². The molecule has 88 valence electrons. The molecule has 3 rings (SSSR count). The molecule has 0 bridgehead atoms. The van der Waals surface area contributed by atoms with E-state index in [2.05, 4.69) is 17.1 Å². The van der Waals surface area contributed by atoms with Gasteiger partial charge < -0.3 is 14.8 Å². The molecule has 17 heavy (non-hydrogen) atoms. The van der Waals surface area contributed by atoms with Gasteiger partial charge in [0.1, 0.15) is 0 Å². The molecule has 1 atom stereocenters. The lowest BCUT2D eigenvalue weighted by Crippen LogP contribution is -2.26. The Morgan fingerprint density at radius 3 is 2.76 bits per heavy atom. The second-order valence-corrected chi connectivity index (χ2v) is 4.58. The highest BCUT2D eigenvalue weighted by Crippen LogP contribution is 2.32. The number of fused-ring (bicyclic) bond motifs is 1. The highest BCUT2D eigenvalue weighted by Gasteiger charge is 2.34. The maximum Gasteiger partial charge on any atom is 0.320 e. The number of nitrogens with one attached hydrogen (secondary N) is 1. The van der Waals surface area contributed by atoms with Crippen LogP contribution in [0.3, 0.4) is 0 Å². The number of nitrogens with zero attached hydrogens (tertiary/aromatic N) is 2. The van der Waals surface area contributed by atoms with E-state index in [1.54, 1.807) is 9.80 Å². The Kier molecular flexibility index (Phi) is 2.11. The van der Waals surface area contributed by atoms with Crippen LogP contribution in [-0.2, 0) is 0 Å². The molecule has 1 aliphatic rings. The lowest BCUT2D eigenvalue weighted by atomic mass is 10.1. The number of carbonyl (C=O) groups is 1. The van der Waals surface area contributed by atoms with Crippen molar-refractivity contribution in [3.05, 3.63) is 36.0 Å². The van der Waals surface area contributed by atoms with E-state index in [9.17, 15) is 4.79 Å². The van der Waals surface area contributed by atoms with E-state index in [0.29, 0.717) is 0 Å². The lowest BCUT2D eigenvalue weighted by molar-refractivity contribution is 0.201. The minimum Gasteiger partial charge on any atom is -0.361 e. The predicted octanol–water partition coefficient (Wildman–Crippen LogP) is 2.21. The molecule has 1 aromatic heterocycles. The van der Waals surface area contributed by atoms with Crippen LogP contribution < -0.4 is 0 Å². The van der Waals surface area contributed by atoms with Crippen LogP contribution in [0.25, 0.3) is 10.9 Å². The van der Waals surface area contributed by atoms with Crippen molar-refractivity contribution < 1.29 is 4.79 Å². The molecule has 1 N–H and O–H groups in total. The van der Waals surface area contributed by atoms with Crippen molar-refractivity contribution in [1.82, 2.24) is 14.8 Å². The zero-order valence-electron chi connectivity index (χ0n) is 9.97. The number of aromatic amines is 1. The maximum atomic E-state index is 11.8. The summed E-state index contributed by atoms with van der Waals surface area (Å²) >= 11 is 0. The summed E-state index contributed by atoms with van der Waals surface area (Å²) in [6, 6.07) is 8.42. The van der Waals surface area contributed by atoms with Crippen molar-refractivity contribution in [3.8, 4) is 0 Å². The summed E-state index contributed by atoms with van der Waals surface area (Å²) < 4.78 is 0. The van der Waals surface area contributed by atoms with Gasteiger partial charge in [-0.25, -0.2) is 4.79 Å². The Morgan fingerprint density at radius 2 is 2.06 bits per heavy atom. The van der Waals surface area contributed by atoms with Gasteiger partial charge in [-0.3, -0.25) is 0 Å². The van der Waals surface area contributed by atoms with Crippen LogP contribution in [-0.4, -0.2) is 41.5 Å². The van der Waals surface area contributed by atoms with Crippen LogP contribution in [0.2, 0.25) is 0 Å². The fraction of sp³-hybridized carbons (Fsp3) is 0.308. The number of likely N-dealkylation sites (N-methyl/N-ethyl adjacent to an activating group) is 2. The van der Waals surface area contributed by atoms with Crippen molar-refractivity contribution in [2.45, 2.75) is 6.04 Å². The first-order valence-corrected chi connectivity index (χ1v) is 5.72. The highest BCUT2D eigenvalue weighted by atomic mass is 16.2. The minimum absolute atomic E-state index is 0.0836. The number of hydrogen-bond acceptors (Lipinski definition) is 1. The first kappa shape index (κ1) is 10.2. The van der Waals surface area contributed by atoms with Crippen molar-refractivity contribution in [2.75, 3.05) is 20.6 Å². The van der Waals surface area contributed by atoms with Crippen LogP contribution in [0.15, 0.2) is 30.5 Å². The molecule has 0 radical (unpaired) electrons. The van der Waals surface area contributed by atoms with Gasteiger partial charge in [0.05, 0.1) is 6.04 Å². The van der Waals surface area contributed by atoms with E-state index in [1.807, 2.05) is 32.4 Å². The number of carbonyl (C=O) groups excluding carboxylic acids is 1. The van der Waals surface area contributed by atoms with E-state index in [0.717, 1.165) is 12.1 Å². The third-order valence-corrected chi connectivity index (χ3v) is 3.52. The van der Waals surface area contributed by atoms with Crippen LogP contribution in [0, 0.1) is 0 Å². The van der Waals surface area contributed by atoms with Gasteiger partial charge in [-0.1, -0.05) is 18.2 Å². The second-order valence-electron chi connectivity index (χ2n) is 4.58. The van der Waals surface area contributed by atoms with E-state index in [1.165, 1.54) is 10.9 Å². The van der Waals surface area contributed by atoms with Crippen LogP contribution in [0.4, 0.5) is 4.79 Å². The molecule has 2 heterocycles. The van der Waals surface area contributed by atoms with Crippen molar-refractivity contribution in [1.29, 1.82) is 0 Å². The predicted molar refractivity (Wildman–Crippen MR) is 66.8 cm³/mol. The summed E-state index contributed by atoms with van der Waals surface area (Å²) in [4.78, 5) is 18.6. The molecular formula is C13H15N3O.